The molecule has 80 valence electrons. The van der Waals surface area contributed by atoms with Crippen molar-refractivity contribution in [3.63, 3.8) is 0 Å². The Morgan fingerprint density at radius 1 is 1.38 bits per heavy atom. The van der Waals surface area contributed by atoms with E-state index in [4.69, 9.17) is 5.73 Å². The number of halogens is 3. The Hall–Kier alpha value is 0.110. The summed E-state index contributed by atoms with van der Waals surface area (Å²) in [5.74, 6) is -1.57. The van der Waals surface area contributed by atoms with Gasteiger partial charge < -0.3 is 5.73 Å². The van der Waals surface area contributed by atoms with Gasteiger partial charge in [-0.2, -0.15) is 0 Å². The minimum Gasteiger partial charge on any atom is -0.330 e. The molecule has 0 saturated heterocycles. The zero-order chi connectivity index (χ0) is 9.19. The zero-order valence-corrected chi connectivity index (χ0v) is 8.75. The normalized spacial score (nSPS) is 24.9. The molecule has 0 aromatic heterocycles. The highest BCUT2D eigenvalue weighted by Crippen LogP contribution is 2.38. The van der Waals surface area contributed by atoms with Crippen LogP contribution in [0.1, 0.15) is 32.6 Å². The highest BCUT2D eigenvalue weighted by Gasteiger charge is 2.36. The minimum atomic E-state index is -2.40. The molecule has 0 aliphatic heterocycles. The SMILES string of the molecule is CC(CN)C1CCC(F)(F)CC1.Cl. The van der Waals surface area contributed by atoms with Crippen molar-refractivity contribution in [1.82, 2.24) is 0 Å². The van der Waals surface area contributed by atoms with E-state index in [1.165, 1.54) is 0 Å². The van der Waals surface area contributed by atoms with Crippen LogP contribution in [-0.4, -0.2) is 12.5 Å². The number of hydrogen-bond donors (Lipinski definition) is 1. The molecule has 2 N–H and O–H groups in total. The summed E-state index contributed by atoms with van der Waals surface area (Å²) < 4.78 is 25.4. The Morgan fingerprint density at radius 3 is 2.23 bits per heavy atom. The summed E-state index contributed by atoms with van der Waals surface area (Å²) in [7, 11) is 0. The minimum absolute atomic E-state index is 0. The van der Waals surface area contributed by atoms with Gasteiger partial charge in [-0.1, -0.05) is 6.92 Å². The van der Waals surface area contributed by atoms with E-state index in [0.29, 0.717) is 31.2 Å². The van der Waals surface area contributed by atoms with Gasteiger partial charge in [0.15, 0.2) is 0 Å². The molecule has 1 fully saturated rings. The summed E-state index contributed by atoms with van der Waals surface area (Å²) in [5.41, 5.74) is 5.48. The fourth-order valence-corrected chi connectivity index (χ4v) is 1.82. The molecular formula is C9H18ClF2N. The van der Waals surface area contributed by atoms with Gasteiger partial charge >= 0.3 is 0 Å². The molecule has 0 amide bonds. The van der Waals surface area contributed by atoms with Crippen molar-refractivity contribution in [2.75, 3.05) is 6.54 Å². The topological polar surface area (TPSA) is 26.0 Å². The molecule has 1 nitrogen and oxygen atoms in total. The Kier molecular flexibility index (Phi) is 5.15. The largest absolute Gasteiger partial charge is 0.330 e. The lowest BCUT2D eigenvalue weighted by Gasteiger charge is -2.31. The van der Waals surface area contributed by atoms with E-state index in [9.17, 15) is 8.78 Å². The summed E-state index contributed by atoms with van der Waals surface area (Å²) in [6.07, 6.45) is 1.40. The lowest BCUT2D eigenvalue weighted by molar-refractivity contribution is -0.0509. The molecule has 13 heavy (non-hydrogen) atoms. The molecule has 1 saturated carbocycles. The molecule has 4 heteroatoms. The first kappa shape index (κ1) is 13.1. The van der Waals surface area contributed by atoms with E-state index in [2.05, 4.69) is 0 Å². The first-order valence-electron chi connectivity index (χ1n) is 4.63. The predicted molar refractivity (Wildman–Crippen MR) is 52.4 cm³/mol. The van der Waals surface area contributed by atoms with Crippen molar-refractivity contribution < 1.29 is 8.78 Å². The molecule has 0 spiro atoms. The third kappa shape index (κ3) is 3.77. The van der Waals surface area contributed by atoms with Crippen LogP contribution in [0.5, 0.6) is 0 Å². The maximum Gasteiger partial charge on any atom is 0.248 e. The van der Waals surface area contributed by atoms with Gasteiger partial charge in [0, 0.05) is 12.8 Å². The van der Waals surface area contributed by atoms with Crippen molar-refractivity contribution in [3.8, 4) is 0 Å². The van der Waals surface area contributed by atoms with Crippen LogP contribution in [0.25, 0.3) is 0 Å². The fourth-order valence-electron chi connectivity index (χ4n) is 1.82. The molecule has 0 heterocycles. The quantitative estimate of drug-likeness (QED) is 0.750. The van der Waals surface area contributed by atoms with Crippen LogP contribution in [0.4, 0.5) is 8.78 Å². The van der Waals surface area contributed by atoms with Gasteiger partial charge in [0.25, 0.3) is 0 Å². The molecule has 1 rings (SSSR count). The van der Waals surface area contributed by atoms with Crippen LogP contribution in [0.3, 0.4) is 0 Å². The molecule has 0 aromatic rings. The smallest absolute Gasteiger partial charge is 0.248 e. The van der Waals surface area contributed by atoms with E-state index >= 15 is 0 Å². The second kappa shape index (κ2) is 5.11. The molecule has 0 aromatic carbocycles. The highest BCUT2D eigenvalue weighted by molar-refractivity contribution is 5.85. The Bertz CT molecular complexity index is 143. The van der Waals surface area contributed by atoms with Gasteiger partial charge in [0.2, 0.25) is 5.92 Å². The van der Waals surface area contributed by atoms with Crippen LogP contribution < -0.4 is 5.73 Å². The molecule has 1 aliphatic rings. The third-order valence-electron chi connectivity index (χ3n) is 2.94. The number of rotatable bonds is 2. The van der Waals surface area contributed by atoms with Crippen molar-refractivity contribution in [2.24, 2.45) is 17.6 Å². The number of alkyl halides is 2. The standard InChI is InChI=1S/C9H17F2N.ClH/c1-7(6-12)8-2-4-9(10,11)5-3-8;/h7-8H,2-6,12H2,1H3;1H. The van der Waals surface area contributed by atoms with Gasteiger partial charge in [0.1, 0.15) is 0 Å². The van der Waals surface area contributed by atoms with Crippen molar-refractivity contribution in [2.45, 2.75) is 38.5 Å². The van der Waals surface area contributed by atoms with Gasteiger partial charge in [-0.25, -0.2) is 8.78 Å². The molecular weight excluding hydrogens is 196 g/mol. The summed E-state index contributed by atoms with van der Waals surface area (Å²) in [5, 5.41) is 0. The average molecular weight is 214 g/mol. The van der Waals surface area contributed by atoms with E-state index in [1.807, 2.05) is 6.92 Å². The third-order valence-corrected chi connectivity index (χ3v) is 2.94. The Balaban J connectivity index is 0.00000144. The summed E-state index contributed by atoms with van der Waals surface area (Å²) in [4.78, 5) is 0. The van der Waals surface area contributed by atoms with Crippen molar-refractivity contribution >= 4 is 12.4 Å². The predicted octanol–water partition coefficient (Wildman–Crippen LogP) is 2.83. The number of nitrogens with two attached hydrogens (primary N) is 1. The fraction of sp³-hybridized carbons (Fsp3) is 1.00. The van der Waals surface area contributed by atoms with Crippen LogP contribution >= 0.6 is 12.4 Å². The molecule has 1 unspecified atom stereocenters. The van der Waals surface area contributed by atoms with Gasteiger partial charge in [0.05, 0.1) is 0 Å². The monoisotopic (exact) mass is 213 g/mol. The summed E-state index contributed by atoms with van der Waals surface area (Å²) in [6, 6.07) is 0. The first-order valence-corrected chi connectivity index (χ1v) is 4.63. The Labute approximate surface area is 84.5 Å². The molecule has 0 radical (unpaired) electrons. The van der Waals surface area contributed by atoms with Crippen LogP contribution in [-0.2, 0) is 0 Å². The summed E-state index contributed by atoms with van der Waals surface area (Å²) in [6.45, 7) is 2.67. The second-order valence-corrected chi connectivity index (χ2v) is 3.91. The van der Waals surface area contributed by atoms with Crippen molar-refractivity contribution in [1.29, 1.82) is 0 Å². The van der Waals surface area contributed by atoms with Crippen LogP contribution in [0.15, 0.2) is 0 Å². The molecule has 1 atom stereocenters. The van der Waals surface area contributed by atoms with Gasteiger partial charge in [-0.05, 0) is 31.2 Å². The van der Waals surface area contributed by atoms with Crippen LogP contribution in [0, 0.1) is 11.8 Å². The second-order valence-electron chi connectivity index (χ2n) is 3.91. The number of hydrogen-bond acceptors (Lipinski definition) is 1. The van der Waals surface area contributed by atoms with Gasteiger partial charge in [-0.15, -0.1) is 12.4 Å². The van der Waals surface area contributed by atoms with E-state index in [-0.39, 0.29) is 25.2 Å². The van der Waals surface area contributed by atoms with Gasteiger partial charge in [-0.3, -0.25) is 0 Å². The average Bonchev–Trinajstić information content (AvgIpc) is 2.03. The van der Waals surface area contributed by atoms with E-state index < -0.39 is 5.92 Å². The maximum absolute atomic E-state index is 12.7. The first-order chi connectivity index (χ1) is 5.55. The molecule has 0 bridgehead atoms. The molecule has 1 aliphatic carbocycles. The zero-order valence-electron chi connectivity index (χ0n) is 7.93. The van der Waals surface area contributed by atoms with E-state index in [0.717, 1.165) is 0 Å². The maximum atomic E-state index is 12.7. The lowest BCUT2D eigenvalue weighted by Crippen LogP contribution is -2.30. The van der Waals surface area contributed by atoms with E-state index in [1.54, 1.807) is 0 Å². The summed E-state index contributed by atoms with van der Waals surface area (Å²) >= 11 is 0. The highest BCUT2D eigenvalue weighted by atomic mass is 35.5. The Morgan fingerprint density at radius 2 is 1.85 bits per heavy atom. The lowest BCUT2D eigenvalue weighted by atomic mass is 9.79. The van der Waals surface area contributed by atoms with Crippen LogP contribution in [0.2, 0.25) is 0 Å². The van der Waals surface area contributed by atoms with Crippen molar-refractivity contribution in [3.05, 3.63) is 0 Å².